The molecule has 0 aromatic heterocycles. The van der Waals surface area contributed by atoms with Gasteiger partial charge in [0.2, 0.25) is 0 Å². The normalized spacial score (nSPS) is 30.2. The van der Waals surface area contributed by atoms with Crippen molar-refractivity contribution in [2.45, 2.75) is 31.4 Å². The van der Waals surface area contributed by atoms with Gasteiger partial charge in [0.25, 0.3) is 0 Å². The number of ether oxygens (including phenoxy) is 1. The van der Waals surface area contributed by atoms with Crippen LogP contribution in [-0.4, -0.2) is 37.0 Å². The molecule has 0 radical (unpaired) electrons. The molecule has 2 heterocycles. The van der Waals surface area contributed by atoms with Crippen molar-refractivity contribution < 1.29 is 9.84 Å². The van der Waals surface area contributed by atoms with Crippen molar-refractivity contribution in [1.29, 1.82) is 5.26 Å². The first-order chi connectivity index (χ1) is 9.79. The Morgan fingerprint density at radius 3 is 2.75 bits per heavy atom. The van der Waals surface area contributed by atoms with Gasteiger partial charge in [-0.25, -0.2) is 0 Å². The summed E-state index contributed by atoms with van der Waals surface area (Å²) in [7, 11) is 0. The van der Waals surface area contributed by atoms with Gasteiger partial charge >= 0.3 is 0 Å². The Morgan fingerprint density at radius 1 is 1.25 bits per heavy atom. The number of rotatable bonds is 2. The highest BCUT2D eigenvalue weighted by molar-refractivity contribution is 5.51. The first-order valence-electron chi connectivity index (χ1n) is 7.32. The topological polar surface area (TPSA) is 56.5 Å². The third kappa shape index (κ3) is 2.52. The highest BCUT2D eigenvalue weighted by Crippen LogP contribution is 2.33. The van der Waals surface area contributed by atoms with Gasteiger partial charge in [-0.2, -0.15) is 5.26 Å². The number of hydrogen-bond donors (Lipinski definition) is 1. The fourth-order valence-electron chi connectivity index (χ4n) is 3.40. The van der Waals surface area contributed by atoms with Gasteiger partial charge in [0.15, 0.2) is 0 Å². The van der Waals surface area contributed by atoms with E-state index >= 15 is 0 Å². The Balaban J connectivity index is 1.79. The van der Waals surface area contributed by atoms with Crippen LogP contribution in [0.25, 0.3) is 0 Å². The molecular formula is C16H20N2O2. The van der Waals surface area contributed by atoms with E-state index in [0.717, 1.165) is 31.5 Å². The second-order valence-corrected chi connectivity index (χ2v) is 5.66. The van der Waals surface area contributed by atoms with Crippen molar-refractivity contribution in [1.82, 2.24) is 0 Å². The Bertz CT molecular complexity index is 494. The zero-order valence-electron chi connectivity index (χ0n) is 11.5. The maximum Gasteiger partial charge on any atom is 0.0991 e. The van der Waals surface area contributed by atoms with Gasteiger partial charge in [0, 0.05) is 30.8 Å². The number of nitriles is 1. The third-order valence-electron chi connectivity index (χ3n) is 4.48. The van der Waals surface area contributed by atoms with Crippen LogP contribution in [0.3, 0.4) is 0 Å². The van der Waals surface area contributed by atoms with E-state index in [1.165, 1.54) is 0 Å². The lowest BCUT2D eigenvalue weighted by atomic mass is 9.89. The summed E-state index contributed by atoms with van der Waals surface area (Å²) in [5.74, 6) is 0.196. The summed E-state index contributed by atoms with van der Waals surface area (Å²) in [6.45, 7) is 2.33. The quantitative estimate of drug-likeness (QED) is 0.893. The molecule has 20 heavy (non-hydrogen) atoms. The minimum Gasteiger partial charge on any atom is -0.393 e. The van der Waals surface area contributed by atoms with E-state index in [1.54, 1.807) is 0 Å². The third-order valence-corrected chi connectivity index (χ3v) is 4.48. The average Bonchev–Trinajstić information content (AvgIpc) is 2.97. The molecule has 0 aliphatic carbocycles. The van der Waals surface area contributed by atoms with Crippen molar-refractivity contribution in [3.63, 3.8) is 0 Å². The smallest absolute Gasteiger partial charge is 0.0991 e. The second kappa shape index (κ2) is 5.82. The largest absolute Gasteiger partial charge is 0.393 e. The molecule has 3 atom stereocenters. The fourth-order valence-corrected chi connectivity index (χ4v) is 3.40. The number of aliphatic hydroxyl groups excluding tert-OH is 1. The minimum absolute atomic E-state index is 0.196. The van der Waals surface area contributed by atoms with Crippen LogP contribution in [0.1, 0.15) is 24.8 Å². The predicted octanol–water partition coefficient (Wildman–Crippen LogP) is 1.92. The maximum absolute atomic E-state index is 10.2. The molecule has 106 valence electrons. The van der Waals surface area contributed by atoms with E-state index in [-0.39, 0.29) is 12.0 Å². The maximum atomic E-state index is 10.2. The fraction of sp³-hybridized carbons (Fsp3) is 0.562. The standard InChI is InChI=1S/C16H20N2O2/c17-10-12-3-5-13(6-4-12)18-8-1-2-15(18)14-11-20-9-7-16(14)19/h3-6,14-16,19H,1-2,7-9,11H2/t14-,15+,16+/m0/s1. The molecule has 2 saturated heterocycles. The molecule has 1 N–H and O–H groups in total. The molecule has 4 nitrogen and oxygen atoms in total. The van der Waals surface area contributed by atoms with E-state index in [1.807, 2.05) is 24.3 Å². The Morgan fingerprint density at radius 2 is 2.05 bits per heavy atom. The summed E-state index contributed by atoms with van der Waals surface area (Å²) < 4.78 is 5.56. The molecule has 0 spiro atoms. The molecular weight excluding hydrogens is 252 g/mol. The van der Waals surface area contributed by atoms with Crippen molar-refractivity contribution in [3.05, 3.63) is 29.8 Å². The Kier molecular flexibility index (Phi) is 3.90. The van der Waals surface area contributed by atoms with Gasteiger partial charge in [-0.1, -0.05) is 0 Å². The van der Waals surface area contributed by atoms with Crippen molar-refractivity contribution >= 4 is 5.69 Å². The van der Waals surface area contributed by atoms with E-state index < -0.39 is 0 Å². The molecule has 2 fully saturated rings. The van der Waals surface area contributed by atoms with E-state index in [4.69, 9.17) is 10.00 Å². The molecule has 1 aromatic carbocycles. The summed E-state index contributed by atoms with van der Waals surface area (Å²) in [5, 5.41) is 19.1. The molecule has 1 aromatic rings. The van der Waals surface area contributed by atoms with Gasteiger partial charge in [-0.15, -0.1) is 0 Å². The van der Waals surface area contributed by atoms with Gasteiger partial charge in [-0.05, 0) is 43.5 Å². The molecule has 2 aliphatic rings. The van der Waals surface area contributed by atoms with E-state index in [0.29, 0.717) is 24.8 Å². The molecule has 4 heteroatoms. The number of anilines is 1. The molecule has 0 bridgehead atoms. The van der Waals surface area contributed by atoms with E-state index in [2.05, 4.69) is 11.0 Å². The van der Waals surface area contributed by atoms with Crippen LogP contribution in [0.2, 0.25) is 0 Å². The van der Waals surface area contributed by atoms with Crippen molar-refractivity contribution in [3.8, 4) is 6.07 Å². The lowest BCUT2D eigenvalue weighted by Crippen LogP contribution is -2.46. The first kappa shape index (κ1) is 13.4. The Hall–Kier alpha value is -1.57. The van der Waals surface area contributed by atoms with Gasteiger partial charge in [0.1, 0.15) is 0 Å². The van der Waals surface area contributed by atoms with Crippen molar-refractivity contribution in [2.24, 2.45) is 5.92 Å². The average molecular weight is 272 g/mol. The predicted molar refractivity (Wildman–Crippen MR) is 76.5 cm³/mol. The van der Waals surface area contributed by atoms with Crippen LogP contribution in [0, 0.1) is 17.2 Å². The van der Waals surface area contributed by atoms with Crippen LogP contribution < -0.4 is 4.90 Å². The highest BCUT2D eigenvalue weighted by atomic mass is 16.5. The summed E-state index contributed by atoms with van der Waals surface area (Å²) >= 11 is 0. The van der Waals surface area contributed by atoms with Crippen LogP contribution in [-0.2, 0) is 4.74 Å². The summed E-state index contributed by atoms with van der Waals surface area (Å²) in [6, 6.07) is 10.2. The number of benzene rings is 1. The molecule has 2 aliphatic heterocycles. The van der Waals surface area contributed by atoms with Gasteiger partial charge in [0.05, 0.1) is 24.3 Å². The van der Waals surface area contributed by atoms with Crippen LogP contribution in [0.5, 0.6) is 0 Å². The van der Waals surface area contributed by atoms with Crippen LogP contribution >= 0.6 is 0 Å². The number of nitrogens with zero attached hydrogens (tertiary/aromatic N) is 2. The summed E-state index contributed by atoms with van der Waals surface area (Å²) in [4.78, 5) is 2.36. The van der Waals surface area contributed by atoms with Crippen LogP contribution in [0.4, 0.5) is 5.69 Å². The first-order valence-corrected chi connectivity index (χ1v) is 7.32. The SMILES string of the molecule is N#Cc1ccc(N2CCC[C@@H]2[C@@H]2COCC[C@H]2O)cc1. The van der Waals surface area contributed by atoms with Gasteiger partial charge < -0.3 is 14.7 Å². The zero-order valence-corrected chi connectivity index (χ0v) is 11.5. The highest BCUT2D eigenvalue weighted by Gasteiger charge is 2.37. The summed E-state index contributed by atoms with van der Waals surface area (Å²) in [5.41, 5.74) is 1.83. The number of hydrogen-bond acceptors (Lipinski definition) is 4. The molecule has 0 amide bonds. The van der Waals surface area contributed by atoms with Crippen molar-refractivity contribution in [2.75, 3.05) is 24.7 Å². The van der Waals surface area contributed by atoms with Crippen LogP contribution in [0.15, 0.2) is 24.3 Å². The summed E-state index contributed by atoms with van der Waals surface area (Å²) in [6.07, 6.45) is 2.73. The minimum atomic E-state index is -0.257. The lowest BCUT2D eigenvalue weighted by Gasteiger charge is -2.38. The molecule has 3 rings (SSSR count). The van der Waals surface area contributed by atoms with Gasteiger partial charge in [-0.3, -0.25) is 0 Å². The molecule has 0 saturated carbocycles. The number of aliphatic hydroxyl groups is 1. The Labute approximate surface area is 119 Å². The second-order valence-electron chi connectivity index (χ2n) is 5.66. The lowest BCUT2D eigenvalue weighted by molar-refractivity contribution is -0.0437. The molecule has 0 unspecified atom stereocenters. The van der Waals surface area contributed by atoms with E-state index in [9.17, 15) is 5.11 Å². The monoisotopic (exact) mass is 272 g/mol. The zero-order chi connectivity index (χ0) is 13.9.